The van der Waals surface area contributed by atoms with Crippen molar-refractivity contribution in [2.45, 2.75) is 58.8 Å². The molecule has 0 aromatic heterocycles. The molecule has 1 heterocycles. The van der Waals surface area contributed by atoms with Crippen molar-refractivity contribution in [3.8, 4) is 11.5 Å². The van der Waals surface area contributed by atoms with Crippen molar-refractivity contribution in [3.63, 3.8) is 0 Å². The fraction of sp³-hybridized carbons (Fsp3) is 0.579. The van der Waals surface area contributed by atoms with Gasteiger partial charge in [-0.1, -0.05) is 19.9 Å². The van der Waals surface area contributed by atoms with Crippen LogP contribution in [0.25, 0.3) is 0 Å². The van der Waals surface area contributed by atoms with Crippen LogP contribution in [0, 0.1) is 5.92 Å². The molecule has 0 unspecified atom stereocenters. The second-order valence-corrected chi connectivity index (χ2v) is 6.64. The maximum Gasteiger partial charge on any atom is 0.311 e. The lowest BCUT2D eigenvalue weighted by atomic mass is 9.96. The number of aryl methyl sites for hydroxylation is 1. The zero-order chi connectivity index (χ0) is 17.5. The van der Waals surface area contributed by atoms with Crippen molar-refractivity contribution < 1.29 is 24.2 Å². The molecule has 0 amide bonds. The van der Waals surface area contributed by atoms with Crippen LogP contribution in [0.1, 0.15) is 57.1 Å². The molecule has 0 saturated heterocycles. The predicted octanol–water partition coefficient (Wildman–Crippen LogP) is 3.76. The molecule has 5 nitrogen and oxygen atoms in total. The van der Waals surface area contributed by atoms with E-state index in [1.54, 1.807) is 0 Å². The number of carboxylic acid groups (broad SMARTS) is 1. The summed E-state index contributed by atoms with van der Waals surface area (Å²) in [6, 6.07) is 3.91. The molecule has 1 aliphatic heterocycles. The normalized spacial score (nSPS) is 13.5. The topological polar surface area (TPSA) is 72.8 Å². The first-order valence-electron chi connectivity index (χ1n) is 8.67. The van der Waals surface area contributed by atoms with E-state index in [1.165, 1.54) is 0 Å². The number of benzene rings is 1. The smallest absolute Gasteiger partial charge is 0.311 e. The predicted molar refractivity (Wildman–Crippen MR) is 90.5 cm³/mol. The zero-order valence-corrected chi connectivity index (χ0v) is 14.5. The SMILES string of the molecule is CC(C)CCc1c(OCCCCC(=O)O)ccc2c1OC(=O)CC2. The van der Waals surface area contributed by atoms with E-state index in [2.05, 4.69) is 13.8 Å². The minimum atomic E-state index is -0.784. The van der Waals surface area contributed by atoms with Gasteiger partial charge >= 0.3 is 11.9 Å². The summed E-state index contributed by atoms with van der Waals surface area (Å²) in [6.07, 6.45) is 4.37. The minimum absolute atomic E-state index is 0.158. The van der Waals surface area contributed by atoms with E-state index in [9.17, 15) is 9.59 Å². The molecule has 0 atom stereocenters. The van der Waals surface area contributed by atoms with Gasteiger partial charge in [-0.3, -0.25) is 9.59 Å². The van der Waals surface area contributed by atoms with E-state index in [-0.39, 0.29) is 12.4 Å². The molecule has 0 spiro atoms. The van der Waals surface area contributed by atoms with Crippen LogP contribution in [0.2, 0.25) is 0 Å². The first-order valence-corrected chi connectivity index (χ1v) is 8.67. The summed E-state index contributed by atoms with van der Waals surface area (Å²) in [5.41, 5.74) is 2.03. The molecule has 2 rings (SSSR count). The number of fused-ring (bicyclic) bond motifs is 1. The van der Waals surface area contributed by atoms with E-state index < -0.39 is 5.97 Å². The number of ether oxygens (including phenoxy) is 2. The standard InChI is InChI=1S/C19H26O5/c1-13(2)6-9-15-16(23-12-4-3-5-17(20)21)10-7-14-8-11-18(22)24-19(14)15/h7,10,13H,3-6,8-9,11-12H2,1-2H3,(H,20,21). The molecule has 0 saturated carbocycles. The highest BCUT2D eigenvalue weighted by atomic mass is 16.5. The lowest BCUT2D eigenvalue weighted by molar-refractivity contribution is -0.137. The van der Waals surface area contributed by atoms with Gasteiger partial charge in [0.05, 0.1) is 13.0 Å². The number of aliphatic carboxylic acids is 1. The highest BCUT2D eigenvalue weighted by Gasteiger charge is 2.23. The van der Waals surface area contributed by atoms with Gasteiger partial charge in [-0.05, 0) is 49.7 Å². The summed E-state index contributed by atoms with van der Waals surface area (Å²) in [4.78, 5) is 22.2. The van der Waals surface area contributed by atoms with Gasteiger partial charge in [-0.25, -0.2) is 0 Å². The fourth-order valence-electron chi connectivity index (χ4n) is 2.75. The van der Waals surface area contributed by atoms with Crippen LogP contribution in [0.5, 0.6) is 11.5 Å². The Morgan fingerprint density at radius 3 is 2.79 bits per heavy atom. The van der Waals surface area contributed by atoms with E-state index in [4.69, 9.17) is 14.6 Å². The van der Waals surface area contributed by atoms with Gasteiger partial charge in [0.1, 0.15) is 11.5 Å². The van der Waals surface area contributed by atoms with Gasteiger partial charge in [0.15, 0.2) is 0 Å². The summed E-state index contributed by atoms with van der Waals surface area (Å²) in [7, 11) is 0. The third-order valence-electron chi connectivity index (χ3n) is 4.13. The van der Waals surface area contributed by atoms with Crippen LogP contribution in [0.15, 0.2) is 12.1 Å². The maximum atomic E-state index is 11.7. The van der Waals surface area contributed by atoms with E-state index >= 15 is 0 Å². The molecule has 0 fully saturated rings. The third-order valence-corrected chi connectivity index (χ3v) is 4.13. The van der Waals surface area contributed by atoms with Gasteiger partial charge in [-0.15, -0.1) is 0 Å². The second kappa shape index (κ2) is 8.71. The Labute approximate surface area is 143 Å². The molecular weight excluding hydrogens is 308 g/mol. The Bertz CT molecular complexity index is 592. The lowest BCUT2D eigenvalue weighted by Gasteiger charge is -2.22. The van der Waals surface area contributed by atoms with Crippen LogP contribution in [-0.4, -0.2) is 23.7 Å². The molecule has 1 aromatic rings. The zero-order valence-electron chi connectivity index (χ0n) is 14.5. The molecule has 0 bridgehead atoms. The number of hydrogen-bond acceptors (Lipinski definition) is 4. The van der Waals surface area contributed by atoms with E-state index in [0.29, 0.717) is 44.0 Å². The Hall–Kier alpha value is -2.04. The number of hydrogen-bond donors (Lipinski definition) is 1. The van der Waals surface area contributed by atoms with Crippen LogP contribution in [0.4, 0.5) is 0 Å². The molecule has 5 heteroatoms. The fourth-order valence-corrected chi connectivity index (χ4v) is 2.75. The molecule has 24 heavy (non-hydrogen) atoms. The lowest BCUT2D eigenvalue weighted by Crippen LogP contribution is -2.18. The quantitative estimate of drug-likeness (QED) is 0.423. The molecule has 0 radical (unpaired) electrons. The number of carboxylic acids is 1. The number of carbonyl (C=O) groups excluding carboxylic acids is 1. The number of rotatable bonds is 9. The van der Waals surface area contributed by atoms with Crippen LogP contribution in [-0.2, 0) is 22.4 Å². The monoisotopic (exact) mass is 334 g/mol. The molecule has 1 aromatic carbocycles. The number of unbranched alkanes of at least 4 members (excludes halogenated alkanes) is 1. The van der Waals surface area contributed by atoms with E-state index in [1.807, 2.05) is 12.1 Å². The average Bonchev–Trinajstić information content (AvgIpc) is 2.52. The van der Waals surface area contributed by atoms with Crippen molar-refractivity contribution in [1.29, 1.82) is 0 Å². The largest absolute Gasteiger partial charge is 0.493 e. The van der Waals surface area contributed by atoms with Gasteiger partial charge in [0, 0.05) is 12.0 Å². The first-order chi connectivity index (χ1) is 11.5. The van der Waals surface area contributed by atoms with Crippen LogP contribution >= 0.6 is 0 Å². The highest BCUT2D eigenvalue weighted by Crippen LogP contribution is 2.37. The first kappa shape index (κ1) is 18.3. The Morgan fingerprint density at radius 1 is 1.29 bits per heavy atom. The third kappa shape index (κ3) is 5.25. The summed E-state index contributed by atoms with van der Waals surface area (Å²) < 4.78 is 11.4. The van der Waals surface area contributed by atoms with Crippen molar-refractivity contribution in [3.05, 3.63) is 23.3 Å². The van der Waals surface area contributed by atoms with Gasteiger partial charge in [-0.2, -0.15) is 0 Å². The van der Waals surface area contributed by atoms with Gasteiger partial charge < -0.3 is 14.6 Å². The van der Waals surface area contributed by atoms with Crippen LogP contribution < -0.4 is 9.47 Å². The maximum absolute atomic E-state index is 11.7. The Morgan fingerprint density at radius 2 is 2.08 bits per heavy atom. The number of carbonyl (C=O) groups is 2. The highest BCUT2D eigenvalue weighted by molar-refractivity contribution is 5.76. The Balaban J connectivity index is 2.09. The number of esters is 1. The van der Waals surface area contributed by atoms with Crippen molar-refractivity contribution in [2.24, 2.45) is 5.92 Å². The van der Waals surface area contributed by atoms with Gasteiger partial charge in [0.2, 0.25) is 0 Å². The molecule has 1 N–H and O–H groups in total. The molecule has 0 aliphatic carbocycles. The van der Waals surface area contributed by atoms with Crippen molar-refractivity contribution >= 4 is 11.9 Å². The Kier molecular flexibility index (Phi) is 6.64. The molecule has 132 valence electrons. The summed E-state index contributed by atoms with van der Waals surface area (Å²) in [6.45, 7) is 4.79. The second-order valence-electron chi connectivity index (χ2n) is 6.64. The summed E-state index contributed by atoms with van der Waals surface area (Å²) >= 11 is 0. The average molecular weight is 334 g/mol. The minimum Gasteiger partial charge on any atom is -0.493 e. The van der Waals surface area contributed by atoms with Gasteiger partial charge in [0.25, 0.3) is 0 Å². The molecular formula is C19H26O5. The summed E-state index contributed by atoms with van der Waals surface area (Å²) in [5, 5.41) is 8.66. The van der Waals surface area contributed by atoms with Crippen molar-refractivity contribution in [2.75, 3.05) is 6.61 Å². The summed E-state index contributed by atoms with van der Waals surface area (Å²) in [5.74, 6) is 0.998. The van der Waals surface area contributed by atoms with E-state index in [0.717, 1.165) is 29.7 Å². The van der Waals surface area contributed by atoms with Crippen LogP contribution in [0.3, 0.4) is 0 Å². The molecule has 1 aliphatic rings. The van der Waals surface area contributed by atoms with Crippen molar-refractivity contribution in [1.82, 2.24) is 0 Å².